The standard InChI is InChI=1S/C11H22N2O2/c1-4-15-8-9-5-6-13(7-9)10(14)11(2,3)12/h9H,4-8,12H2,1-3H3. The summed E-state index contributed by atoms with van der Waals surface area (Å²) in [6.45, 7) is 8.60. The van der Waals surface area contributed by atoms with Gasteiger partial charge in [0, 0.05) is 25.6 Å². The smallest absolute Gasteiger partial charge is 0.242 e. The normalized spacial score (nSPS) is 22.1. The van der Waals surface area contributed by atoms with Crippen molar-refractivity contribution in [2.75, 3.05) is 26.3 Å². The zero-order valence-corrected chi connectivity index (χ0v) is 9.95. The van der Waals surface area contributed by atoms with Crippen LogP contribution in [0.25, 0.3) is 0 Å². The summed E-state index contributed by atoms with van der Waals surface area (Å²) in [5.74, 6) is 0.526. The van der Waals surface area contributed by atoms with E-state index in [1.807, 2.05) is 11.8 Å². The van der Waals surface area contributed by atoms with Crippen LogP contribution in [-0.4, -0.2) is 42.6 Å². The number of carbonyl (C=O) groups excluding carboxylic acids is 1. The van der Waals surface area contributed by atoms with E-state index in [4.69, 9.17) is 10.5 Å². The minimum Gasteiger partial charge on any atom is -0.381 e. The predicted molar refractivity (Wildman–Crippen MR) is 59.4 cm³/mol. The second-order valence-electron chi connectivity index (χ2n) is 4.79. The van der Waals surface area contributed by atoms with E-state index in [-0.39, 0.29) is 5.91 Å². The van der Waals surface area contributed by atoms with E-state index in [2.05, 4.69) is 0 Å². The molecule has 0 aromatic carbocycles. The topological polar surface area (TPSA) is 55.6 Å². The maximum absolute atomic E-state index is 11.8. The number of ether oxygens (including phenoxy) is 1. The number of nitrogens with zero attached hydrogens (tertiary/aromatic N) is 1. The zero-order chi connectivity index (χ0) is 11.5. The van der Waals surface area contributed by atoms with Gasteiger partial charge in [-0.05, 0) is 27.2 Å². The van der Waals surface area contributed by atoms with Crippen LogP contribution in [0.3, 0.4) is 0 Å². The number of nitrogens with two attached hydrogens (primary N) is 1. The average molecular weight is 214 g/mol. The Morgan fingerprint density at radius 1 is 1.60 bits per heavy atom. The number of carbonyl (C=O) groups is 1. The predicted octanol–water partition coefficient (Wildman–Crippen LogP) is 0.609. The Balaban J connectivity index is 2.39. The highest BCUT2D eigenvalue weighted by Gasteiger charge is 2.33. The number of rotatable bonds is 4. The number of amides is 1. The number of likely N-dealkylation sites (tertiary alicyclic amines) is 1. The molecule has 2 N–H and O–H groups in total. The van der Waals surface area contributed by atoms with E-state index in [9.17, 15) is 4.79 Å². The van der Waals surface area contributed by atoms with Crippen molar-refractivity contribution in [2.45, 2.75) is 32.7 Å². The van der Waals surface area contributed by atoms with Gasteiger partial charge in [0.25, 0.3) is 0 Å². The third-order valence-corrected chi connectivity index (χ3v) is 2.68. The van der Waals surface area contributed by atoms with E-state index >= 15 is 0 Å². The molecule has 1 atom stereocenters. The first-order chi connectivity index (χ1) is 6.95. The van der Waals surface area contributed by atoms with Crippen molar-refractivity contribution in [3.05, 3.63) is 0 Å². The monoisotopic (exact) mass is 214 g/mol. The summed E-state index contributed by atoms with van der Waals surface area (Å²) in [6, 6.07) is 0. The lowest BCUT2D eigenvalue weighted by molar-refractivity contribution is -0.134. The molecule has 0 aliphatic carbocycles. The molecule has 15 heavy (non-hydrogen) atoms. The summed E-state index contributed by atoms with van der Waals surface area (Å²) in [4.78, 5) is 13.7. The summed E-state index contributed by atoms with van der Waals surface area (Å²) < 4.78 is 5.36. The molecule has 88 valence electrons. The van der Waals surface area contributed by atoms with E-state index in [1.54, 1.807) is 13.8 Å². The van der Waals surface area contributed by atoms with Crippen LogP contribution in [0.5, 0.6) is 0 Å². The van der Waals surface area contributed by atoms with Crippen LogP contribution in [0, 0.1) is 5.92 Å². The Hall–Kier alpha value is -0.610. The van der Waals surface area contributed by atoms with Crippen molar-refractivity contribution in [1.29, 1.82) is 0 Å². The molecule has 1 fully saturated rings. The van der Waals surface area contributed by atoms with Crippen molar-refractivity contribution in [3.8, 4) is 0 Å². The minimum atomic E-state index is -0.750. The first kappa shape index (κ1) is 12.5. The van der Waals surface area contributed by atoms with Crippen LogP contribution in [-0.2, 0) is 9.53 Å². The van der Waals surface area contributed by atoms with Gasteiger partial charge in [0.1, 0.15) is 0 Å². The van der Waals surface area contributed by atoms with E-state index in [0.29, 0.717) is 5.92 Å². The molecule has 1 aliphatic heterocycles. The Kier molecular flexibility index (Phi) is 4.11. The lowest BCUT2D eigenvalue weighted by atomic mass is 10.1. The van der Waals surface area contributed by atoms with Crippen molar-refractivity contribution in [3.63, 3.8) is 0 Å². The minimum absolute atomic E-state index is 0.0431. The maximum Gasteiger partial charge on any atom is 0.242 e. The molecule has 0 bridgehead atoms. The quantitative estimate of drug-likeness (QED) is 0.746. The molecule has 0 saturated carbocycles. The summed E-state index contributed by atoms with van der Waals surface area (Å²) >= 11 is 0. The van der Waals surface area contributed by atoms with Crippen LogP contribution in [0.1, 0.15) is 27.2 Å². The van der Waals surface area contributed by atoms with Crippen LogP contribution in [0.4, 0.5) is 0 Å². The fourth-order valence-corrected chi connectivity index (χ4v) is 1.85. The van der Waals surface area contributed by atoms with Gasteiger partial charge in [-0.3, -0.25) is 4.79 Å². The Morgan fingerprint density at radius 2 is 2.27 bits per heavy atom. The molecule has 0 radical (unpaired) electrons. The van der Waals surface area contributed by atoms with Crippen molar-refractivity contribution >= 4 is 5.91 Å². The molecule has 1 amide bonds. The average Bonchev–Trinajstić information content (AvgIpc) is 2.60. The molecule has 0 aromatic rings. The van der Waals surface area contributed by atoms with Crippen molar-refractivity contribution in [1.82, 2.24) is 4.90 Å². The van der Waals surface area contributed by atoms with Gasteiger partial charge in [-0.2, -0.15) is 0 Å². The Bertz CT molecular complexity index is 223. The van der Waals surface area contributed by atoms with Gasteiger partial charge in [0.2, 0.25) is 5.91 Å². The Morgan fingerprint density at radius 3 is 2.80 bits per heavy atom. The second-order valence-corrected chi connectivity index (χ2v) is 4.79. The molecule has 4 heteroatoms. The summed E-state index contributed by atoms with van der Waals surface area (Å²) in [5.41, 5.74) is 5.03. The fourth-order valence-electron chi connectivity index (χ4n) is 1.85. The SMILES string of the molecule is CCOCC1CCN(C(=O)C(C)(C)N)C1. The van der Waals surface area contributed by atoms with Gasteiger partial charge >= 0.3 is 0 Å². The number of hydrogen-bond acceptors (Lipinski definition) is 3. The third-order valence-electron chi connectivity index (χ3n) is 2.68. The van der Waals surface area contributed by atoms with E-state index < -0.39 is 5.54 Å². The highest BCUT2D eigenvalue weighted by molar-refractivity contribution is 5.85. The number of hydrogen-bond donors (Lipinski definition) is 1. The lowest BCUT2D eigenvalue weighted by Crippen LogP contribution is -2.50. The van der Waals surface area contributed by atoms with Gasteiger partial charge in [-0.1, -0.05) is 0 Å². The zero-order valence-electron chi connectivity index (χ0n) is 9.95. The van der Waals surface area contributed by atoms with Crippen molar-refractivity contribution in [2.24, 2.45) is 11.7 Å². The molecule has 1 unspecified atom stereocenters. The third kappa shape index (κ3) is 3.47. The molecular formula is C11H22N2O2. The van der Waals surface area contributed by atoms with Gasteiger partial charge in [-0.15, -0.1) is 0 Å². The molecule has 0 aromatic heterocycles. The van der Waals surface area contributed by atoms with Crippen molar-refractivity contribution < 1.29 is 9.53 Å². The van der Waals surface area contributed by atoms with Crippen LogP contribution < -0.4 is 5.73 Å². The van der Waals surface area contributed by atoms with Gasteiger partial charge < -0.3 is 15.4 Å². The van der Waals surface area contributed by atoms with Gasteiger partial charge in [-0.25, -0.2) is 0 Å². The fraction of sp³-hybridized carbons (Fsp3) is 0.909. The highest BCUT2D eigenvalue weighted by atomic mass is 16.5. The summed E-state index contributed by atoms with van der Waals surface area (Å²) in [6.07, 6.45) is 1.03. The van der Waals surface area contributed by atoms with Crippen LogP contribution >= 0.6 is 0 Å². The molecule has 0 spiro atoms. The van der Waals surface area contributed by atoms with Crippen LogP contribution in [0.2, 0.25) is 0 Å². The van der Waals surface area contributed by atoms with Gasteiger partial charge in [0.15, 0.2) is 0 Å². The lowest BCUT2D eigenvalue weighted by Gasteiger charge is -2.25. The summed E-state index contributed by atoms with van der Waals surface area (Å²) in [7, 11) is 0. The second kappa shape index (κ2) is 4.94. The highest BCUT2D eigenvalue weighted by Crippen LogP contribution is 2.19. The molecule has 1 heterocycles. The van der Waals surface area contributed by atoms with Gasteiger partial charge in [0.05, 0.1) is 12.1 Å². The van der Waals surface area contributed by atoms with Crippen LogP contribution in [0.15, 0.2) is 0 Å². The van der Waals surface area contributed by atoms with E-state index in [0.717, 1.165) is 32.7 Å². The molecular weight excluding hydrogens is 192 g/mol. The first-order valence-corrected chi connectivity index (χ1v) is 5.61. The molecule has 1 aliphatic rings. The molecule has 4 nitrogen and oxygen atoms in total. The maximum atomic E-state index is 11.8. The Labute approximate surface area is 91.8 Å². The molecule has 1 rings (SSSR count). The molecule has 1 saturated heterocycles. The van der Waals surface area contributed by atoms with E-state index in [1.165, 1.54) is 0 Å². The summed E-state index contributed by atoms with van der Waals surface area (Å²) in [5, 5.41) is 0. The first-order valence-electron chi connectivity index (χ1n) is 5.61. The largest absolute Gasteiger partial charge is 0.381 e.